The molecular formula is C26H35ClO4S. The van der Waals surface area contributed by atoms with Gasteiger partial charge < -0.3 is 14.2 Å². The summed E-state index contributed by atoms with van der Waals surface area (Å²) in [6.07, 6.45) is 6.57. The number of carbonyl (C=O) groups excluding carboxylic acids is 1. The van der Waals surface area contributed by atoms with Crippen LogP contribution < -0.4 is 0 Å². The first-order valence-corrected chi connectivity index (χ1v) is 13.1. The van der Waals surface area contributed by atoms with Crippen molar-refractivity contribution < 1.29 is 19.0 Å². The smallest absolute Gasteiger partial charge is 0.152 e. The molecule has 2 bridgehead atoms. The largest absolute Gasteiger partial charge is 0.381 e. The van der Waals surface area contributed by atoms with E-state index in [4.69, 9.17) is 25.8 Å². The van der Waals surface area contributed by atoms with Crippen LogP contribution in [0.4, 0.5) is 0 Å². The number of carbonyl (C=O) groups is 1. The molecule has 0 amide bonds. The van der Waals surface area contributed by atoms with E-state index in [1.165, 1.54) is 12.8 Å². The van der Waals surface area contributed by atoms with Crippen molar-refractivity contribution in [2.45, 2.75) is 74.2 Å². The summed E-state index contributed by atoms with van der Waals surface area (Å²) in [6.45, 7) is 4.61. The standard InChI is InChI=1S/C26H35ClO4S/c1-16-23(28)24(2,32-19-7-5-18(27)6-8-19)14-21(31-15-29-3)26-13-17(26)9-11-25(16)12-10-20(30-4)22(25)26/h5-8,16-17,20-22H,9-15H2,1-4H3/t16-,17-,20+,21+,22?,24+,25?,26-/m0/s1. The minimum absolute atomic E-state index is 0.00544. The first-order chi connectivity index (χ1) is 15.3. The fourth-order valence-electron chi connectivity index (χ4n) is 7.96. The lowest BCUT2D eigenvalue weighted by Gasteiger charge is -2.55. The molecule has 0 N–H and O–H groups in total. The van der Waals surface area contributed by atoms with Gasteiger partial charge in [-0.2, -0.15) is 0 Å². The maximum Gasteiger partial charge on any atom is 0.152 e. The molecule has 5 rings (SSSR count). The van der Waals surface area contributed by atoms with Gasteiger partial charge in [0.25, 0.3) is 0 Å². The number of thioether (sulfide) groups is 1. The van der Waals surface area contributed by atoms with E-state index in [0.717, 1.165) is 24.2 Å². The second kappa shape index (κ2) is 8.27. The highest BCUT2D eigenvalue weighted by Gasteiger charge is 2.76. The number of hydrogen-bond donors (Lipinski definition) is 0. The first-order valence-electron chi connectivity index (χ1n) is 11.9. The van der Waals surface area contributed by atoms with Crippen LogP contribution in [0.5, 0.6) is 0 Å². The van der Waals surface area contributed by atoms with Crippen LogP contribution in [0.3, 0.4) is 0 Å². The molecule has 0 radical (unpaired) electrons. The Labute approximate surface area is 201 Å². The van der Waals surface area contributed by atoms with Crippen LogP contribution >= 0.6 is 23.4 Å². The van der Waals surface area contributed by atoms with Crippen LogP contribution in [0.15, 0.2) is 29.2 Å². The van der Waals surface area contributed by atoms with Crippen LogP contribution in [0.1, 0.15) is 52.4 Å². The number of ketones is 1. The van der Waals surface area contributed by atoms with Crippen LogP contribution in [0, 0.1) is 28.6 Å². The minimum atomic E-state index is -0.563. The number of ether oxygens (including phenoxy) is 3. The summed E-state index contributed by atoms with van der Waals surface area (Å²) in [5.41, 5.74) is 0.117. The fraction of sp³-hybridized carbons (Fsp3) is 0.731. The molecule has 8 atom stereocenters. The molecule has 4 fully saturated rings. The molecule has 0 aromatic heterocycles. The van der Waals surface area contributed by atoms with Crippen molar-refractivity contribution in [2.24, 2.45) is 28.6 Å². The molecule has 4 aliphatic carbocycles. The van der Waals surface area contributed by atoms with Crippen molar-refractivity contribution in [1.29, 1.82) is 0 Å². The molecule has 0 saturated heterocycles. The molecule has 0 heterocycles. The normalized spacial score (nSPS) is 45.0. The first kappa shape index (κ1) is 23.2. The van der Waals surface area contributed by atoms with E-state index < -0.39 is 4.75 Å². The average Bonchev–Trinajstić information content (AvgIpc) is 3.41. The Kier molecular flexibility index (Phi) is 5.98. The van der Waals surface area contributed by atoms with Crippen molar-refractivity contribution in [3.05, 3.63) is 29.3 Å². The quantitative estimate of drug-likeness (QED) is 0.469. The summed E-state index contributed by atoms with van der Waals surface area (Å²) in [5, 5.41) is 0.714. The van der Waals surface area contributed by atoms with Gasteiger partial charge in [-0.25, -0.2) is 0 Å². The molecule has 1 spiro atoms. The van der Waals surface area contributed by atoms with Crippen LogP contribution in [0.2, 0.25) is 5.02 Å². The van der Waals surface area contributed by atoms with Gasteiger partial charge in [0.2, 0.25) is 0 Å². The second-order valence-corrected chi connectivity index (χ2v) is 12.7. The zero-order chi connectivity index (χ0) is 22.7. The highest BCUT2D eigenvalue weighted by atomic mass is 35.5. The highest BCUT2D eigenvalue weighted by molar-refractivity contribution is 8.01. The molecule has 176 valence electrons. The third kappa shape index (κ3) is 3.33. The molecule has 4 aliphatic rings. The van der Waals surface area contributed by atoms with Gasteiger partial charge >= 0.3 is 0 Å². The van der Waals surface area contributed by atoms with Crippen molar-refractivity contribution in [1.82, 2.24) is 0 Å². The fourth-order valence-corrected chi connectivity index (χ4v) is 9.39. The Balaban J connectivity index is 1.58. The number of Topliss-reactive ketones (excluding diaryl/α,β-unsaturated/α-hetero) is 1. The van der Waals surface area contributed by atoms with Gasteiger partial charge in [-0.05, 0) is 87.0 Å². The minimum Gasteiger partial charge on any atom is -0.381 e. The lowest BCUT2D eigenvalue weighted by molar-refractivity contribution is -0.171. The Morgan fingerprint density at radius 1 is 1.12 bits per heavy atom. The summed E-state index contributed by atoms with van der Waals surface area (Å²) in [7, 11) is 3.53. The molecule has 4 nitrogen and oxygen atoms in total. The number of methoxy groups -OCH3 is 2. The molecule has 32 heavy (non-hydrogen) atoms. The third-order valence-corrected chi connectivity index (χ3v) is 11.0. The summed E-state index contributed by atoms with van der Waals surface area (Å²) in [5.74, 6) is 1.44. The average molecular weight is 479 g/mol. The summed E-state index contributed by atoms with van der Waals surface area (Å²) >= 11 is 7.80. The lowest BCUT2D eigenvalue weighted by Crippen LogP contribution is -2.58. The lowest BCUT2D eigenvalue weighted by atomic mass is 9.52. The molecule has 2 unspecified atom stereocenters. The molecule has 1 aromatic rings. The number of hydrogen-bond acceptors (Lipinski definition) is 5. The molecule has 1 aromatic carbocycles. The van der Waals surface area contributed by atoms with E-state index in [1.807, 2.05) is 31.4 Å². The maximum atomic E-state index is 14.3. The summed E-state index contributed by atoms with van der Waals surface area (Å²) < 4.78 is 17.4. The van der Waals surface area contributed by atoms with E-state index in [9.17, 15) is 4.79 Å². The SMILES string of the molecule is COCO[C@@H]1C[C@@](C)(Sc2ccc(Cl)cc2)C(=O)[C@H](C)C23CC[C@H]4C[C@]41C2[C@H](OC)CC3. The summed E-state index contributed by atoms with van der Waals surface area (Å²) in [6, 6.07) is 7.86. The zero-order valence-corrected chi connectivity index (χ0v) is 21.1. The van der Waals surface area contributed by atoms with Gasteiger partial charge in [-0.3, -0.25) is 4.79 Å². The molecule has 4 saturated carbocycles. The van der Waals surface area contributed by atoms with Crippen LogP contribution in [-0.2, 0) is 19.0 Å². The van der Waals surface area contributed by atoms with Crippen molar-refractivity contribution in [2.75, 3.05) is 21.0 Å². The van der Waals surface area contributed by atoms with E-state index in [0.29, 0.717) is 29.1 Å². The van der Waals surface area contributed by atoms with E-state index >= 15 is 0 Å². The number of halogens is 1. The Hall–Kier alpha value is -0.590. The summed E-state index contributed by atoms with van der Waals surface area (Å²) in [4.78, 5) is 15.4. The third-order valence-electron chi connectivity index (χ3n) is 9.42. The van der Waals surface area contributed by atoms with Gasteiger partial charge in [-0.15, -0.1) is 11.8 Å². The topological polar surface area (TPSA) is 44.8 Å². The van der Waals surface area contributed by atoms with E-state index in [-0.39, 0.29) is 35.7 Å². The van der Waals surface area contributed by atoms with Gasteiger partial charge in [0.15, 0.2) is 5.78 Å². The zero-order valence-electron chi connectivity index (χ0n) is 19.6. The van der Waals surface area contributed by atoms with Crippen LogP contribution in [0.25, 0.3) is 0 Å². The molecule has 6 heteroatoms. The highest BCUT2D eigenvalue weighted by Crippen LogP contribution is 2.78. The van der Waals surface area contributed by atoms with Crippen LogP contribution in [-0.4, -0.2) is 43.8 Å². The van der Waals surface area contributed by atoms with Gasteiger partial charge in [0.05, 0.1) is 17.0 Å². The Morgan fingerprint density at radius 3 is 2.53 bits per heavy atom. The van der Waals surface area contributed by atoms with Gasteiger partial charge in [0.1, 0.15) is 6.79 Å². The second-order valence-electron chi connectivity index (χ2n) is 10.7. The maximum absolute atomic E-state index is 14.3. The van der Waals surface area contributed by atoms with Crippen molar-refractivity contribution in [3.63, 3.8) is 0 Å². The van der Waals surface area contributed by atoms with E-state index in [1.54, 1.807) is 18.9 Å². The predicted molar refractivity (Wildman–Crippen MR) is 127 cm³/mol. The monoisotopic (exact) mass is 478 g/mol. The van der Waals surface area contributed by atoms with Gasteiger partial charge in [0, 0.05) is 35.5 Å². The van der Waals surface area contributed by atoms with Crippen molar-refractivity contribution in [3.8, 4) is 0 Å². The van der Waals surface area contributed by atoms with Gasteiger partial charge in [-0.1, -0.05) is 18.5 Å². The molecular weight excluding hydrogens is 444 g/mol. The Bertz CT molecular complexity index is 877. The number of benzene rings is 1. The predicted octanol–water partition coefficient (Wildman–Crippen LogP) is 6.00. The van der Waals surface area contributed by atoms with E-state index in [2.05, 4.69) is 13.8 Å². The van der Waals surface area contributed by atoms with Crippen molar-refractivity contribution >= 4 is 29.1 Å². The molecule has 0 aliphatic heterocycles. The number of rotatable bonds is 6. The Morgan fingerprint density at radius 2 is 1.84 bits per heavy atom.